The number of carbonyl (C=O) groups is 1. The lowest BCUT2D eigenvalue weighted by Gasteiger charge is -2.47. The van der Waals surface area contributed by atoms with Gasteiger partial charge in [-0.05, 0) is 129 Å². The van der Waals surface area contributed by atoms with E-state index in [1.807, 2.05) is 36.5 Å². The molecule has 1 spiro atoms. The van der Waals surface area contributed by atoms with Crippen molar-refractivity contribution < 1.29 is 28.8 Å². The van der Waals surface area contributed by atoms with Crippen LogP contribution in [-0.4, -0.2) is 54.6 Å². The molecule has 3 aliphatic carbocycles. The molecule has 2 aromatic carbocycles. The summed E-state index contributed by atoms with van der Waals surface area (Å²) in [6, 6.07) is 13.8. The Bertz CT molecular complexity index is 1620. The van der Waals surface area contributed by atoms with E-state index in [1.165, 1.54) is 42.3 Å². The number of methoxy groups -OCH3 is 1. The van der Waals surface area contributed by atoms with E-state index >= 15 is 0 Å². The van der Waals surface area contributed by atoms with Gasteiger partial charge in [0.2, 0.25) is 0 Å². The van der Waals surface area contributed by atoms with Crippen molar-refractivity contribution in [1.29, 1.82) is 0 Å². The standard InChI is InChI=1S/C38H45ClN2O6/c1-24(21-45-33-10-15-40-32-9-4-3-8-30(32)33)16-26-17-25-18-34-35(47-23-29(42)22-46-34)20-31(25)37(26)11-13-38(14-12-37,36(43)44-2)41-28-7-5-6-27(39)19-28/h5-7,10,15,18-20,24,26,29,41-42H,3-4,8-9,11-14,16-17,21-23H2,1-2H3/t24-,26?,29?,37?,38?/m1/s1. The van der Waals surface area contributed by atoms with Gasteiger partial charge in [0.25, 0.3) is 0 Å². The van der Waals surface area contributed by atoms with Crippen LogP contribution in [0.1, 0.15) is 74.3 Å². The number of anilines is 1. The maximum absolute atomic E-state index is 13.5. The van der Waals surface area contributed by atoms with Crippen molar-refractivity contribution in [2.45, 2.75) is 88.2 Å². The number of aliphatic hydroxyl groups is 1. The summed E-state index contributed by atoms with van der Waals surface area (Å²) < 4.78 is 23.9. The lowest BCUT2D eigenvalue weighted by atomic mass is 9.59. The van der Waals surface area contributed by atoms with Gasteiger partial charge in [0, 0.05) is 28.2 Å². The number of hydrogen-bond acceptors (Lipinski definition) is 8. The maximum Gasteiger partial charge on any atom is 0.331 e. The molecular formula is C38H45ClN2O6. The Balaban J connectivity index is 1.16. The smallest absolute Gasteiger partial charge is 0.331 e. The summed E-state index contributed by atoms with van der Waals surface area (Å²) in [6.45, 7) is 3.34. The van der Waals surface area contributed by atoms with E-state index in [-0.39, 0.29) is 24.6 Å². The Labute approximate surface area is 282 Å². The Morgan fingerprint density at radius 2 is 1.85 bits per heavy atom. The van der Waals surface area contributed by atoms with Crippen LogP contribution in [0.4, 0.5) is 5.69 Å². The molecule has 4 aliphatic rings. The molecule has 2 N–H and O–H groups in total. The Hall–Kier alpha value is -3.49. The number of halogens is 1. The first kappa shape index (κ1) is 32.1. The normalized spacial score (nSPS) is 26.9. The molecule has 0 radical (unpaired) electrons. The molecular weight excluding hydrogens is 616 g/mol. The van der Waals surface area contributed by atoms with Gasteiger partial charge in [-0.1, -0.05) is 24.6 Å². The van der Waals surface area contributed by atoms with Gasteiger partial charge in [-0.25, -0.2) is 4.79 Å². The molecule has 1 fully saturated rings. The summed E-state index contributed by atoms with van der Waals surface area (Å²) in [4.78, 5) is 18.1. The largest absolute Gasteiger partial charge is 0.493 e. The summed E-state index contributed by atoms with van der Waals surface area (Å²) >= 11 is 6.31. The van der Waals surface area contributed by atoms with E-state index in [0.29, 0.717) is 47.8 Å². The molecule has 0 bridgehead atoms. The number of esters is 1. The molecule has 3 aromatic rings. The zero-order valence-corrected chi connectivity index (χ0v) is 28.1. The number of hydrogen-bond donors (Lipinski definition) is 2. The summed E-state index contributed by atoms with van der Waals surface area (Å²) in [5, 5.41) is 14.4. The van der Waals surface area contributed by atoms with Gasteiger partial charge in [-0.3, -0.25) is 4.98 Å². The van der Waals surface area contributed by atoms with Gasteiger partial charge in [-0.2, -0.15) is 0 Å². The number of benzene rings is 2. The van der Waals surface area contributed by atoms with Crippen LogP contribution in [0.3, 0.4) is 0 Å². The third-order valence-electron chi connectivity index (χ3n) is 11.0. The number of nitrogens with one attached hydrogen (secondary N) is 1. The first-order valence-electron chi connectivity index (χ1n) is 17.1. The monoisotopic (exact) mass is 660 g/mol. The van der Waals surface area contributed by atoms with E-state index < -0.39 is 11.6 Å². The molecule has 1 saturated carbocycles. The molecule has 0 saturated heterocycles. The number of ether oxygens (including phenoxy) is 4. The molecule has 9 heteroatoms. The van der Waals surface area contributed by atoms with Gasteiger partial charge in [0.1, 0.15) is 30.6 Å². The molecule has 8 nitrogen and oxygen atoms in total. The summed E-state index contributed by atoms with van der Waals surface area (Å²) in [5.41, 5.74) is 4.80. The van der Waals surface area contributed by atoms with Gasteiger partial charge < -0.3 is 29.4 Å². The van der Waals surface area contributed by atoms with Crippen molar-refractivity contribution in [3.8, 4) is 17.2 Å². The highest BCUT2D eigenvalue weighted by atomic mass is 35.5. The van der Waals surface area contributed by atoms with Crippen LogP contribution in [0.5, 0.6) is 17.2 Å². The molecule has 1 aliphatic heterocycles. The molecule has 3 atom stereocenters. The van der Waals surface area contributed by atoms with Crippen molar-refractivity contribution in [3.63, 3.8) is 0 Å². The zero-order valence-electron chi connectivity index (χ0n) is 27.4. The highest BCUT2D eigenvalue weighted by Gasteiger charge is 2.55. The van der Waals surface area contributed by atoms with Crippen molar-refractivity contribution >= 4 is 23.3 Å². The Morgan fingerprint density at radius 3 is 2.62 bits per heavy atom. The summed E-state index contributed by atoms with van der Waals surface area (Å²) in [7, 11) is 1.46. The third kappa shape index (κ3) is 6.27. The van der Waals surface area contributed by atoms with Crippen molar-refractivity contribution in [2.75, 3.05) is 32.2 Å². The number of aromatic nitrogens is 1. The van der Waals surface area contributed by atoms with E-state index in [2.05, 4.69) is 29.4 Å². The SMILES string of the molecule is COC(=O)C1(Nc2cccc(Cl)c2)CCC2(CC1)c1cc3c(cc1CC2C[C@@H](C)COc1ccnc2c1CCCC2)OCC(O)CO3. The van der Waals surface area contributed by atoms with Gasteiger partial charge in [0.15, 0.2) is 11.5 Å². The van der Waals surface area contributed by atoms with E-state index in [4.69, 9.17) is 30.5 Å². The van der Waals surface area contributed by atoms with Crippen molar-refractivity contribution in [3.05, 3.63) is 76.1 Å². The second-order valence-corrected chi connectivity index (χ2v) is 14.5. The number of nitrogens with zero attached hydrogens (tertiary/aromatic N) is 1. The lowest BCUT2D eigenvalue weighted by Crippen LogP contribution is -2.53. The molecule has 250 valence electrons. The number of fused-ring (bicyclic) bond motifs is 4. The van der Waals surface area contributed by atoms with Crippen LogP contribution in [0.15, 0.2) is 48.7 Å². The van der Waals surface area contributed by atoms with Crippen LogP contribution in [0.2, 0.25) is 5.02 Å². The molecule has 2 unspecified atom stereocenters. The summed E-state index contributed by atoms with van der Waals surface area (Å²) in [5.74, 6) is 2.77. The molecule has 7 rings (SSSR count). The first-order chi connectivity index (χ1) is 22.8. The fraction of sp³-hybridized carbons (Fsp3) is 0.526. The average Bonchev–Trinajstić information content (AvgIpc) is 3.22. The summed E-state index contributed by atoms with van der Waals surface area (Å²) in [6.07, 6.45) is 10.4. The van der Waals surface area contributed by atoms with Crippen LogP contribution in [-0.2, 0) is 34.2 Å². The van der Waals surface area contributed by atoms with Gasteiger partial charge >= 0.3 is 5.97 Å². The van der Waals surface area contributed by atoms with E-state index in [1.54, 1.807) is 0 Å². The van der Waals surface area contributed by atoms with Crippen molar-refractivity contribution in [1.82, 2.24) is 4.98 Å². The van der Waals surface area contributed by atoms with Crippen LogP contribution in [0.25, 0.3) is 0 Å². The highest BCUT2D eigenvalue weighted by molar-refractivity contribution is 6.30. The average molecular weight is 661 g/mol. The minimum Gasteiger partial charge on any atom is -0.493 e. The fourth-order valence-electron chi connectivity index (χ4n) is 8.60. The minimum atomic E-state index is -0.859. The van der Waals surface area contributed by atoms with E-state index in [0.717, 1.165) is 50.0 Å². The number of pyridine rings is 1. The van der Waals surface area contributed by atoms with Gasteiger partial charge in [0.05, 0.1) is 13.7 Å². The molecule has 47 heavy (non-hydrogen) atoms. The lowest BCUT2D eigenvalue weighted by molar-refractivity contribution is -0.148. The Morgan fingerprint density at radius 1 is 1.09 bits per heavy atom. The number of rotatable bonds is 8. The maximum atomic E-state index is 13.5. The molecule has 1 aromatic heterocycles. The fourth-order valence-corrected chi connectivity index (χ4v) is 8.79. The second-order valence-electron chi connectivity index (χ2n) is 14.1. The zero-order chi connectivity index (χ0) is 32.6. The number of aliphatic hydroxyl groups excluding tert-OH is 1. The molecule has 0 amide bonds. The Kier molecular flexibility index (Phi) is 9.00. The van der Waals surface area contributed by atoms with Crippen LogP contribution < -0.4 is 19.5 Å². The minimum absolute atomic E-state index is 0.156. The highest BCUT2D eigenvalue weighted by Crippen LogP contribution is 2.58. The topological polar surface area (TPSA) is 99.1 Å². The predicted molar refractivity (Wildman–Crippen MR) is 181 cm³/mol. The van der Waals surface area contributed by atoms with Gasteiger partial charge in [-0.15, -0.1) is 0 Å². The third-order valence-corrected chi connectivity index (χ3v) is 11.2. The predicted octanol–water partition coefficient (Wildman–Crippen LogP) is 6.86. The first-order valence-corrected chi connectivity index (χ1v) is 17.5. The van der Waals surface area contributed by atoms with Crippen LogP contribution >= 0.6 is 11.6 Å². The number of carbonyl (C=O) groups excluding carboxylic acids is 1. The second kappa shape index (κ2) is 13.2. The number of aryl methyl sites for hydroxylation is 1. The quantitative estimate of drug-likeness (QED) is 0.253. The molecule has 2 heterocycles. The van der Waals surface area contributed by atoms with Crippen LogP contribution in [0, 0.1) is 11.8 Å². The van der Waals surface area contributed by atoms with E-state index in [9.17, 15) is 9.90 Å². The van der Waals surface area contributed by atoms with Crippen molar-refractivity contribution in [2.24, 2.45) is 11.8 Å².